The standard InChI is InChI=1S/C20H23F2N3O4/c1-10(23)17-16(18(26)24-13-5-6-13)25-19(29-17)12-4-7-14(28-20(21)22)15(8-12)27-9-11-2-3-11/h4,7-8,10-11,13,20H,2-3,5-6,9,23H2,1H3,(H,24,26). The number of aromatic nitrogens is 1. The fourth-order valence-electron chi connectivity index (χ4n) is 2.85. The average Bonchev–Trinajstić information content (AvgIpc) is 3.59. The normalized spacial score (nSPS) is 17.3. The summed E-state index contributed by atoms with van der Waals surface area (Å²) in [5, 5.41) is 2.87. The number of halogens is 2. The fourth-order valence-corrected chi connectivity index (χ4v) is 2.85. The molecule has 9 heteroatoms. The van der Waals surface area contributed by atoms with Crippen LogP contribution in [0.5, 0.6) is 11.5 Å². The van der Waals surface area contributed by atoms with Gasteiger partial charge < -0.3 is 24.9 Å². The average molecular weight is 407 g/mol. The third kappa shape index (κ3) is 4.84. The lowest BCUT2D eigenvalue weighted by Gasteiger charge is -2.12. The van der Waals surface area contributed by atoms with Crippen molar-refractivity contribution in [1.82, 2.24) is 10.3 Å². The van der Waals surface area contributed by atoms with E-state index in [-0.39, 0.29) is 40.8 Å². The molecule has 7 nitrogen and oxygen atoms in total. The largest absolute Gasteiger partial charge is 0.489 e. The number of alkyl halides is 2. The number of hydrogen-bond acceptors (Lipinski definition) is 6. The van der Waals surface area contributed by atoms with Crippen LogP contribution >= 0.6 is 0 Å². The molecular formula is C20H23F2N3O4. The first-order chi connectivity index (χ1) is 13.9. The molecule has 29 heavy (non-hydrogen) atoms. The topological polar surface area (TPSA) is 99.6 Å². The van der Waals surface area contributed by atoms with Gasteiger partial charge in [0.1, 0.15) is 0 Å². The highest BCUT2D eigenvalue weighted by molar-refractivity contribution is 5.94. The van der Waals surface area contributed by atoms with Crippen LogP contribution in [-0.4, -0.2) is 30.2 Å². The summed E-state index contributed by atoms with van der Waals surface area (Å²) in [4.78, 5) is 16.8. The minimum Gasteiger partial charge on any atom is -0.489 e. The number of hydrogen-bond donors (Lipinski definition) is 2. The molecule has 1 unspecified atom stereocenters. The van der Waals surface area contributed by atoms with Crippen molar-refractivity contribution < 1.29 is 27.5 Å². The van der Waals surface area contributed by atoms with Crippen molar-refractivity contribution in [1.29, 1.82) is 0 Å². The van der Waals surface area contributed by atoms with Crippen LogP contribution in [0.1, 0.15) is 54.9 Å². The lowest BCUT2D eigenvalue weighted by Crippen LogP contribution is -2.27. The Morgan fingerprint density at radius 2 is 2.07 bits per heavy atom. The van der Waals surface area contributed by atoms with Crippen LogP contribution in [0.3, 0.4) is 0 Å². The summed E-state index contributed by atoms with van der Waals surface area (Å²) in [5.74, 6) is 0.652. The van der Waals surface area contributed by atoms with Crippen molar-refractivity contribution in [3.8, 4) is 23.0 Å². The van der Waals surface area contributed by atoms with Crippen LogP contribution in [0, 0.1) is 5.92 Å². The van der Waals surface area contributed by atoms with Crippen LogP contribution < -0.4 is 20.5 Å². The first kappa shape index (κ1) is 19.6. The van der Waals surface area contributed by atoms with E-state index in [2.05, 4.69) is 15.0 Å². The Morgan fingerprint density at radius 1 is 1.31 bits per heavy atom. The van der Waals surface area contributed by atoms with Gasteiger partial charge in [-0.1, -0.05) is 0 Å². The molecule has 1 aromatic heterocycles. The van der Waals surface area contributed by atoms with Crippen molar-refractivity contribution in [3.63, 3.8) is 0 Å². The molecule has 0 saturated heterocycles. The second-order valence-corrected chi connectivity index (χ2v) is 7.56. The zero-order valence-corrected chi connectivity index (χ0v) is 16.0. The predicted octanol–water partition coefficient (Wildman–Crippen LogP) is 3.64. The highest BCUT2D eigenvalue weighted by Gasteiger charge is 2.29. The van der Waals surface area contributed by atoms with E-state index in [0.717, 1.165) is 25.7 Å². The van der Waals surface area contributed by atoms with Gasteiger partial charge in [0.25, 0.3) is 5.91 Å². The van der Waals surface area contributed by atoms with Crippen LogP contribution in [0.4, 0.5) is 8.78 Å². The van der Waals surface area contributed by atoms with E-state index >= 15 is 0 Å². The van der Waals surface area contributed by atoms with Gasteiger partial charge >= 0.3 is 6.61 Å². The minimum absolute atomic E-state index is 0.0601. The van der Waals surface area contributed by atoms with Gasteiger partial charge in [-0.2, -0.15) is 8.78 Å². The summed E-state index contributed by atoms with van der Waals surface area (Å²) >= 11 is 0. The molecule has 2 aliphatic rings. The molecule has 2 saturated carbocycles. The Kier molecular flexibility index (Phi) is 5.40. The number of nitrogens with two attached hydrogens (primary N) is 1. The maximum atomic E-state index is 12.7. The van der Waals surface area contributed by atoms with Crippen LogP contribution in [-0.2, 0) is 0 Å². The van der Waals surface area contributed by atoms with Gasteiger partial charge in [0.2, 0.25) is 5.89 Å². The molecular weight excluding hydrogens is 384 g/mol. The first-order valence-corrected chi connectivity index (χ1v) is 9.70. The van der Waals surface area contributed by atoms with Gasteiger partial charge in [-0.3, -0.25) is 4.79 Å². The van der Waals surface area contributed by atoms with E-state index in [4.69, 9.17) is 14.9 Å². The summed E-state index contributed by atoms with van der Waals surface area (Å²) < 4.78 is 41.4. The monoisotopic (exact) mass is 407 g/mol. The molecule has 2 fully saturated rings. The maximum absolute atomic E-state index is 12.7. The zero-order valence-electron chi connectivity index (χ0n) is 16.0. The van der Waals surface area contributed by atoms with Gasteiger partial charge in [0, 0.05) is 11.6 Å². The van der Waals surface area contributed by atoms with E-state index in [1.807, 2.05) is 0 Å². The lowest BCUT2D eigenvalue weighted by atomic mass is 10.2. The Balaban J connectivity index is 1.63. The SMILES string of the molecule is CC(N)c1oc(-c2ccc(OC(F)F)c(OCC3CC3)c2)nc1C(=O)NC1CC1. The molecule has 0 bridgehead atoms. The molecule has 2 aliphatic carbocycles. The van der Waals surface area contributed by atoms with Crippen molar-refractivity contribution in [2.45, 2.75) is 51.3 Å². The van der Waals surface area contributed by atoms with Crippen molar-refractivity contribution in [2.75, 3.05) is 6.61 Å². The van der Waals surface area contributed by atoms with Crippen molar-refractivity contribution >= 4 is 5.91 Å². The Morgan fingerprint density at radius 3 is 2.69 bits per heavy atom. The summed E-state index contributed by atoms with van der Waals surface area (Å²) in [7, 11) is 0. The predicted molar refractivity (Wildman–Crippen MR) is 99.9 cm³/mol. The maximum Gasteiger partial charge on any atom is 0.387 e. The second kappa shape index (κ2) is 7.98. The van der Waals surface area contributed by atoms with E-state index in [0.29, 0.717) is 18.1 Å². The molecule has 0 spiro atoms. The van der Waals surface area contributed by atoms with Gasteiger partial charge in [-0.15, -0.1) is 0 Å². The van der Waals surface area contributed by atoms with Gasteiger partial charge in [-0.05, 0) is 56.7 Å². The molecule has 1 atom stereocenters. The summed E-state index contributed by atoms with van der Waals surface area (Å²) in [6, 6.07) is 4.06. The van der Waals surface area contributed by atoms with Gasteiger partial charge in [0.05, 0.1) is 12.6 Å². The highest BCUT2D eigenvalue weighted by atomic mass is 19.3. The number of carbonyl (C=O) groups excluding carboxylic acids is 1. The van der Waals surface area contributed by atoms with Crippen molar-refractivity contribution in [3.05, 3.63) is 29.7 Å². The summed E-state index contributed by atoms with van der Waals surface area (Å²) in [6.45, 7) is -0.843. The molecule has 0 radical (unpaired) electrons. The van der Waals surface area contributed by atoms with E-state index in [1.54, 1.807) is 6.92 Å². The van der Waals surface area contributed by atoms with Crippen LogP contribution in [0.2, 0.25) is 0 Å². The number of ether oxygens (including phenoxy) is 2. The van der Waals surface area contributed by atoms with Crippen LogP contribution in [0.25, 0.3) is 11.5 Å². The molecule has 0 aliphatic heterocycles. The van der Waals surface area contributed by atoms with Gasteiger partial charge in [0.15, 0.2) is 23.0 Å². The first-order valence-electron chi connectivity index (χ1n) is 9.70. The number of benzene rings is 1. The molecule has 1 amide bonds. The van der Waals surface area contributed by atoms with E-state index < -0.39 is 12.7 Å². The summed E-state index contributed by atoms with van der Waals surface area (Å²) in [6.07, 6.45) is 4.00. The minimum atomic E-state index is -2.96. The quantitative estimate of drug-likeness (QED) is 0.658. The number of carbonyl (C=O) groups is 1. The molecule has 156 valence electrons. The Hall–Kier alpha value is -2.68. The zero-order chi connectivity index (χ0) is 20.5. The number of oxazole rings is 1. The lowest BCUT2D eigenvalue weighted by molar-refractivity contribution is -0.0515. The van der Waals surface area contributed by atoms with Crippen molar-refractivity contribution in [2.24, 2.45) is 11.7 Å². The van der Waals surface area contributed by atoms with Crippen LogP contribution in [0.15, 0.2) is 22.6 Å². The Labute approximate surface area is 166 Å². The molecule has 2 aromatic rings. The third-order valence-electron chi connectivity index (χ3n) is 4.77. The Bertz CT molecular complexity index is 892. The van der Waals surface area contributed by atoms with E-state index in [9.17, 15) is 13.6 Å². The molecule has 1 heterocycles. The smallest absolute Gasteiger partial charge is 0.387 e. The number of amides is 1. The number of nitrogens with zero attached hydrogens (tertiary/aromatic N) is 1. The molecule has 4 rings (SSSR count). The number of rotatable bonds is 9. The highest BCUT2D eigenvalue weighted by Crippen LogP contribution is 2.37. The van der Waals surface area contributed by atoms with Gasteiger partial charge in [-0.25, -0.2) is 4.98 Å². The molecule has 3 N–H and O–H groups in total. The second-order valence-electron chi connectivity index (χ2n) is 7.56. The number of nitrogens with one attached hydrogen (secondary N) is 1. The third-order valence-corrected chi connectivity index (χ3v) is 4.77. The summed E-state index contributed by atoms with van der Waals surface area (Å²) in [5.41, 5.74) is 6.56. The molecule has 1 aromatic carbocycles. The fraction of sp³-hybridized carbons (Fsp3) is 0.500. The van der Waals surface area contributed by atoms with E-state index in [1.165, 1.54) is 18.2 Å².